The van der Waals surface area contributed by atoms with Crippen molar-refractivity contribution in [3.8, 4) is 5.88 Å². The maximum absolute atomic E-state index is 12.9. The predicted molar refractivity (Wildman–Crippen MR) is 504 cm³/mol. The molecule has 0 saturated carbocycles. The van der Waals surface area contributed by atoms with Gasteiger partial charge in [-0.2, -0.15) is 36.0 Å². The number of fused-ring (bicyclic) bond motifs is 5. The Balaban J connectivity index is 0.000000239. The molecule has 674 valence electrons. The molecule has 31 heteroatoms. The van der Waals surface area contributed by atoms with E-state index in [0.29, 0.717) is 81.9 Å². The number of benzene rings is 7. The van der Waals surface area contributed by atoms with Crippen LogP contribution < -0.4 is 30.9 Å². The average molecular weight is 1790 g/mol. The number of amides is 2. The molecule has 9 aromatic rings. The lowest BCUT2D eigenvalue weighted by atomic mass is 9.81. The molecule has 2 amide bonds. The third-order valence-corrected chi connectivity index (χ3v) is 26.1. The van der Waals surface area contributed by atoms with Crippen LogP contribution >= 0.6 is 0 Å². The molecule has 6 heterocycles. The number of carbonyl (C=O) groups is 2. The van der Waals surface area contributed by atoms with Gasteiger partial charge in [0.1, 0.15) is 25.2 Å². The Morgan fingerprint density at radius 2 is 1.02 bits per heavy atom. The van der Waals surface area contributed by atoms with Crippen LogP contribution in [0.15, 0.2) is 239 Å². The number of nitrogens with two attached hydrogens (primary N) is 1. The normalized spacial score (nSPS) is 15.9. The number of nitrogen functional groups attached to an aromatic ring is 1. The van der Waals surface area contributed by atoms with Gasteiger partial charge in [-0.15, -0.1) is 0 Å². The number of aromatic amines is 1. The molecule has 0 aliphatic carbocycles. The number of nitro benzene ring substituents is 2. The smallest absolute Gasteiger partial charge is 0.294 e. The minimum atomic E-state index is -4.42. The lowest BCUT2D eigenvalue weighted by Gasteiger charge is -2.27. The number of aromatic nitrogens is 4. The number of H-pyrrole nitrogens is 1. The number of nitrogens with one attached hydrogen (secondary N) is 3. The largest absolute Gasteiger partial charge is 0.471 e. The number of allylic oxidation sites excluding steroid dienone is 12. The lowest BCUT2D eigenvalue weighted by Crippen LogP contribution is -2.28. The number of nitrogens with zero attached hydrogens (tertiary/aromatic N) is 12. The van der Waals surface area contributed by atoms with E-state index in [1.54, 1.807) is 48.5 Å². The van der Waals surface area contributed by atoms with Crippen LogP contribution in [-0.2, 0) is 77.5 Å². The number of aryl methyl sites for hydroxylation is 4. The van der Waals surface area contributed by atoms with E-state index in [0.717, 1.165) is 121 Å². The zero-order valence-corrected chi connectivity index (χ0v) is 76.3. The van der Waals surface area contributed by atoms with Gasteiger partial charge >= 0.3 is 0 Å². The van der Waals surface area contributed by atoms with Gasteiger partial charge in [-0.1, -0.05) is 153 Å². The first-order chi connectivity index (χ1) is 61.4. The Hall–Kier alpha value is -13.1. The highest BCUT2D eigenvalue weighted by atomic mass is 32.2. The number of hydrogen-bond acceptors (Lipinski definition) is 18. The van der Waals surface area contributed by atoms with E-state index in [1.165, 1.54) is 63.5 Å². The zero-order valence-electron chi connectivity index (χ0n) is 74.7. The number of nitro groups is 2. The van der Waals surface area contributed by atoms with Gasteiger partial charge in [-0.3, -0.25) is 38.9 Å². The summed E-state index contributed by atoms with van der Waals surface area (Å²) in [5.74, 6) is 0.335. The molecule has 4 aliphatic rings. The summed E-state index contributed by atoms with van der Waals surface area (Å²) in [7, 11) is -8.82. The molecule has 7 N–H and O–H groups in total. The standard InChI is InChI=1S/C54H59N9O7S.C44H53N7O6S/c1-36-17-27-44-42(31-36)53(2,3)46(62(44)30-12-13-37-22-24-40(25-23-37)63(65)66)14-8-6-9-15-47-54(4,5)43-32-41(71(67,68)69)26-28-45(43)61(47)29-11-7-10-16-48(64)56-33-38-18-20-39(21-19-38)34-70-51-49-50(58-35-57-49)59-52(55)60-51;1-32-18-24-38-36(30-32)43(2,3)40(50(38)29-12-14-33-19-21-34(22-20-33)51(53)54)15-8-6-9-16-41-44(4,5)37-31-35(58(55,56)57)23-25-39(37)49(41)28-11-7-10-17-42(52)46-26-13-27-47-48-45/h6,8-9,14-15,17-28,31-32,35H,7,10-13,16,29-30,33-34H2,1-5H3,(H4-,55,56,57,58,59,60,64,67,68,69);6,8-9,15-16,18-25,30-31H,7,10-14,17,26-29H2,1-5H3,(H-,46,52,55,56,57)/p+2. The van der Waals surface area contributed by atoms with Gasteiger partial charge in [0, 0.05) is 157 Å². The fourth-order valence-corrected chi connectivity index (χ4v) is 18.4. The van der Waals surface area contributed by atoms with Crippen LogP contribution in [0.25, 0.3) is 21.6 Å². The van der Waals surface area contributed by atoms with Crippen molar-refractivity contribution >= 4 is 94.7 Å². The van der Waals surface area contributed by atoms with Crippen LogP contribution in [-0.4, -0.2) is 127 Å². The first kappa shape index (κ1) is 95.1. The van der Waals surface area contributed by atoms with Crippen LogP contribution in [0.1, 0.15) is 182 Å². The summed E-state index contributed by atoms with van der Waals surface area (Å²) in [6.45, 7) is 25.7. The Bertz CT molecular complexity index is 6260. The van der Waals surface area contributed by atoms with Gasteiger partial charge in [0.2, 0.25) is 35.0 Å². The molecule has 0 bridgehead atoms. The first-order valence-electron chi connectivity index (χ1n) is 43.6. The van der Waals surface area contributed by atoms with E-state index >= 15 is 0 Å². The van der Waals surface area contributed by atoms with Crippen LogP contribution in [0.3, 0.4) is 0 Å². The summed E-state index contributed by atoms with van der Waals surface area (Å²) in [5, 5.41) is 31.7. The number of azide groups is 1. The van der Waals surface area contributed by atoms with Crippen molar-refractivity contribution in [1.82, 2.24) is 30.6 Å². The SMILES string of the molecule is Cc1ccc2c(c1)C(C)(C)C(=CC=CC=CC1=[N+](CCCCCC(=O)NCCCN=[N+]=[N-])c3ccc(S(=O)(=O)O)cc3C1(C)C)N2CCCc1ccc([N+](=O)[O-])cc1.Cc1ccc2c(c1)C(C)(C)C(=CC=CC=CC1=[N+](CCCCCC(=O)NCc3ccc(COc4nc(N)nc5nc[nH]c45)cc3)c3ccc(S(=O)(=O)O)cc3C1(C)C)N2CCCc1ccc([N+](=O)[O-])cc1. The topological polar surface area (TPSA) is 404 Å². The molecular formula is C98H114N16O13S2+2. The maximum atomic E-state index is 12.9. The minimum absolute atomic E-state index is 0.0324. The average Bonchev–Trinajstić information content (AvgIpc) is 1.60. The second kappa shape index (κ2) is 41.4. The van der Waals surface area contributed by atoms with Crippen molar-refractivity contribution in [2.45, 2.75) is 197 Å². The van der Waals surface area contributed by atoms with Gasteiger partial charge in [0.25, 0.3) is 31.6 Å². The first-order valence-corrected chi connectivity index (χ1v) is 46.4. The summed E-state index contributed by atoms with van der Waals surface area (Å²) in [6.07, 6.45) is 31.4. The molecule has 29 nitrogen and oxygen atoms in total. The third-order valence-electron chi connectivity index (χ3n) is 24.4. The quantitative estimate of drug-likeness (QED) is 0.00240. The van der Waals surface area contributed by atoms with E-state index in [9.17, 15) is 55.8 Å². The fourth-order valence-electron chi connectivity index (χ4n) is 17.4. The number of imidazole rings is 1. The van der Waals surface area contributed by atoms with Gasteiger partial charge in [0.15, 0.2) is 17.1 Å². The number of carbonyl (C=O) groups excluding carboxylic acids is 2. The number of unbranched alkanes of at least 4 members (excludes halogenated alkanes) is 4. The summed E-state index contributed by atoms with van der Waals surface area (Å²) in [4.78, 5) is 69.2. The molecule has 0 spiro atoms. The van der Waals surface area contributed by atoms with E-state index in [-0.39, 0.29) is 66.2 Å². The summed E-state index contributed by atoms with van der Waals surface area (Å²) in [5.41, 5.74) is 32.6. The summed E-state index contributed by atoms with van der Waals surface area (Å²) in [6, 6.07) is 44.0. The molecule has 2 aromatic heterocycles. The highest BCUT2D eigenvalue weighted by molar-refractivity contribution is 7.86. The van der Waals surface area contributed by atoms with Gasteiger partial charge < -0.3 is 35.9 Å². The van der Waals surface area contributed by atoms with Crippen molar-refractivity contribution in [3.05, 3.63) is 310 Å². The number of anilines is 3. The number of rotatable bonds is 39. The second-order valence-corrected chi connectivity index (χ2v) is 37.9. The van der Waals surface area contributed by atoms with Crippen molar-refractivity contribution < 1.29 is 59.3 Å². The third kappa shape index (κ3) is 23.1. The van der Waals surface area contributed by atoms with Crippen LogP contribution in [0, 0.1) is 34.1 Å². The Kier molecular flexibility index (Phi) is 30.5. The molecule has 4 aliphatic heterocycles. The summed E-state index contributed by atoms with van der Waals surface area (Å²) >= 11 is 0. The molecule has 0 atom stereocenters. The predicted octanol–water partition coefficient (Wildman–Crippen LogP) is 19.0. The number of ether oxygens (including phenoxy) is 1. The van der Waals surface area contributed by atoms with Crippen molar-refractivity contribution in [2.24, 2.45) is 5.11 Å². The number of non-ortho nitro benzene ring substituents is 2. The minimum Gasteiger partial charge on any atom is -0.471 e. The van der Waals surface area contributed by atoms with E-state index in [4.69, 9.17) is 16.0 Å². The Morgan fingerprint density at radius 1 is 0.558 bits per heavy atom. The Labute approximate surface area is 753 Å². The molecule has 0 saturated heterocycles. The summed E-state index contributed by atoms with van der Waals surface area (Å²) < 4.78 is 78.8. The molecular weight excluding hydrogens is 1670 g/mol. The van der Waals surface area contributed by atoms with Crippen LogP contribution in [0.2, 0.25) is 0 Å². The molecule has 0 unspecified atom stereocenters. The van der Waals surface area contributed by atoms with E-state index in [1.807, 2.05) is 92.8 Å². The van der Waals surface area contributed by atoms with Crippen molar-refractivity contribution in [2.75, 3.05) is 54.8 Å². The van der Waals surface area contributed by atoms with Gasteiger partial charge in [-0.25, -0.2) is 4.98 Å². The monoisotopic (exact) mass is 1790 g/mol. The van der Waals surface area contributed by atoms with Gasteiger partial charge in [0.05, 0.1) is 36.8 Å². The van der Waals surface area contributed by atoms with Crippen LogP contribution in [0.5, 0.6) is 5.88 Å². The lowest BCUT2D eigenvalue weighted by molar-refractivity contribution is -0.438. The molecule has 0 fully saturated rings. The van der Waals surface area contributed by atoms with Crippen molar-refractivity contribution in [3.63, 3.8) is 0 Å². The van der Waals surface area contributed by atoms with E-state index in [2.05, 4.69) is 182 Å². The molecule has 13 rings (SSSR count). The molecule has 0 radical (unpaired) electrons. The molecule has 129 heavy (non-hydrogen) atoms. The molecule has 7 aromatic carbocycles. The maximum Gasteiger partial charge on any atom is 0.294 e. The number of hydrogen-bond donors (Lipinski definition) is 6. The van der Waals surface area contributed by atoms with E-state index < -0.39 is 31.1 Å². The van der Waals surface area contributed by atoms with Crippen molar-refractivity contribution in [1.29, 1.82) is 0 Å². The zero-order chi connectivity index (χ0) is 92.6. The highest BCUT2D eigenvalue weighted by Gasteiger charge is 2.47. The van der Waals surface area contributed by atoms with Crippen LogP contribution in [0.4, 0.5) is 40.1 Å². The van der Waals surface area contributed by atoms with Gasteiger partial charge in [-0.05, 0) is 187 Å². The highest BCUT2D eigenvalue weighted by Crippen LogP contribution is 2.51. The second-order valence-electron chi connectivity index (χ2n) is 35.0. The Morgan fingerprint density at radius 3 is 1.47 bits per heavy atom. The fraction of sp³-hybridized carbons (Fsp3) is 0.357.